The fraction of sp³-hybridized carbons (Fsp3) is 0.500. The summed E-state index contributed by atoms with van der Waals surface area (Å²) >= 11 is 0. The van der Waals surface area contributed by atoms with Crippen molar-refractivity contribution < 1.29 is 18.0 Å². The van der Waals surface area contributed by atoms with Gasteiger partial charge in [-0.15, -0.1) is 0 Å². The lowest BCUT2D eigenvalue weighted by Crippen LogP contribution is -2.44. The van der Waals surface area contributed by atoms with E-state index in [1.165, 1.54) is 12.1 Å². The molecule has 1 fully saturated rings. The molecule has 3 nitrogen and oxygen atoms in total. The second-order valence-corrected chi connectivity index (χ2v) is 19.6. The number of carbonyl (C=O) groups is 1. The number of benzene rings is 2. The Bertz CT molecular complexity index is 1500. The van der Waals surface area contributed by atoms with Gasteiger partial charge in [0.05, 0.1) is 17.4 Å². The minimum Gasteiger partial charge on any atom is -0.410 e. The summed E-state index contributed by atoms with van der Waals surface area (Å²) in [5, 5.41) is -0.0331. The maximum absolute atomic E-state index is 14.9. The minimum atomic E-state index is -2.27. The molecule has 0 N–H and O–H groups in total. The Morgan fingerprint density at radius 3 is 2.24 bits per heavy atom. The summed E-state index contributed by atoms with van der Waals surface area (Å²) in [4.78, 5) is 20.0. The average Bonchev–Trinajstić information content (AvgIpc) is 3.43. The molecule has 224 valence electrons. The van der Waals surface area contributed by atoms with E-state index in [2.05, 4.69) is 47.7 Å². The molecule has 2 aromatic carbocycles. The van der Waals surface area contributed by atoms with E-state index >= 15 is 0 Å². The van der Waals surface area contributed by atoms with Gasteiger partial charge in [-0.05, 0) is 73.9 Å². The SMILES string of the molecule is Cc1ccc(C(=O)c2c(C3CCCC3)nc3c(c2-c2ccc(F)c(F)c2)[C@@H](O[Si](C)(C)C(C)(C)C)CC(C)(C)C3)cc1. The predicted molar refractivity (Wildman–Crippen MR) is 169 cm³/mol. The van der Waals surface area contributed by atoms with Gasteiger partial charge >= 0.3 is 0 Å². The van der Waals surface area contributed by atoms with Crippen LogP contribution >= 0.6 is 0 Å². The van der Waals surface area contributed by atoms with Gasteiger partial charge < -0.3 is 4.43 Å². The molecule has 2 aliphatic carbocycles. The van der Waals surface area contributed by atoms with Crippen LogP contribution in [0.5, 0.6) is 0 Å². The van der Waals surface area contributed by atoms with Gasteiger partial charge in [-0.1, -0.05) is 83.4 Å². The number of nitrogens with zero attached hydrogens (tertiary/aromatic N) is 1. The molecule has 2 aliphatic rings. The molecule has 1 aromatic heterocycles. The number of hydrogen-bond acceptors (Lipinski definition) is 3. The van der Waals surface area contributed by atoms with Crippen molar-refractivity contribution in [3.63, 3.8) is 0 Å². The fourth-order valence-electron chi connectivity index (χ4n) is 6.44. The summed E-state index contributed by atoms with van der Waals surface area (Å²) in [6.45, 7) is 17.6. The van der Waals surface area contributed by atoms with Crippen LogP contribution in [0.25, 0.3) is 11.1 Å². The predicted octanol–water partition coefficient (Wildman–Crippen LogP) is 10.3. The molecule has 1 atom stereocenters. The first-order valence-electron chi connectivity index (χ1n) is 15.4. The van der Waals surface area contributed by atoms with Crippen molar-refractivity contribution in [2.45, 2.75) is 110 Å². The highest BCUT2D eigenvalue weighted by atomic mass is 28.4. The minimum absolute atomic E-state index is 0.0331. The van der Waals surface area contributed by atoms with Crippen molar-refractivity contribution in [2.24, 2.45) is 5.41 Å². The van der Waals surface area contributed by atoms with E-state index in [4.69, 9.17) is 9.41 Å². The van der Waals surface area contributed by atoms with Gasteiger partial charge in [-0.3, -0.25) is 9.78 Å². The Hall–Kier alpha value is -2.70. The first kappa shape index (κ1) is 30.7. The van der Waals surface area contributed by atoms with E-state index in [1.807, 2.05) is 31.2 Å². The lowest BCUT2D eigenvalue weighted by molar-refractivity contribution is 0.102. The Morgan fingerprint density at radius 1 is 1.00 bits per heavy atom. The lowest BCUT2D eigenvalue weighted by Gasteiger charge is -2.45. The summed E-state index contributed by atoms with van der Waals surface area (Å²) in [5.74, 6) is -1.80. The summed E-state index contributed by atoms with van der Waals surface area (Å²) in [7, 11) is -2.27. The number of fused-ring (bicyclic) bond motifs is 1. The van der Waals surface area contributed by atoms with Crippen LogP contribution < -0.4 is 0 Å². The van der Waals surface area contributed by atoms with Crippen LogP contribution in [0, 0.1) is 24.0 Å². The Morgan fingerprint density at radius 2 is 1.64 bits per heavy atom. The molecule has 0 bridgehead atoms. The third-order valence-corrected chi connectivity index (χ3v) is 14.3. The van der Waals surface area contributed by atoms with Crippen molar-refractivity contribution >= 4 is 14.1 Å². The highest BCUT2D eigenvalue weighted by Gasteiger charge is 2.45. The summed E-state index contributed by atoms with van der Waals surface area (Å²) < 4.78 is 36.4. The quantitative estimate of drug-likeness (QED) is 0.212. The van der Waals surface area contributed by atoms with E-state index in [0.29, 0.717) is 22.3 Å². The molecule has 1 saturated carbocycles. The van der Waals surface area contributed by atoms with Crippen molar-refractivity contribution in [2.75, 3.05) is 0 Å². The molecule has 3 aromatic rings. The largest absolute Gasteiger partial charge is 0.410 e. The van der Waals surface area contributed by atoms with Gasteiger partial charge in [0.2, 0.25) is 0 Å². The van der Waals surface area contributed by atoms with Crippen LogP contribution in [0.1, 0.15) is 117 Å². The Kier molecular flexibility index (Phi) is 8.12. The second-order valence-electron chi connectivity index (χ2n) is 14.8. The zero-order valence-electron chi connectivity index (χ0n) is 26.5. The van der Waals surface area contributed by atoms with Crippen LogP contribution in [0.4, 0.5) is 8.78 Å². The number of rotatable bonds is 6. The molecule has 0 radical (unpaired) electrons. The van der Waals surface area contributed by atoms with E-state index in [1.54, 1.807) is 6.07 Å². The number of hydrogen-bond donors (Lipinski definition) is 0. The standard InChI is InChI=1S/C36H45F2NO2Si/c1-22-13-15-24(16-14-22)34(40)32-30(25-17-18-26(37)27(38)19-25)31-28(39-33(32)23-11-9-10-12-23)20-36(5,6)21-29(31)41-42(7,8)35(2,3)4/h13-19,23,29H,9-12,20-21H2,1-8H3/t29-/m0/s1. The van der Waals surface area contributed by atoms with Gasteiger partial charge in [0.1, 0.15) is 0 Å². The third kappa shape index (κ3) is 5.90. The van der Waals surface area contributed by atoms with Gasteiger partial charge in [-0.25, -0.2) is 8.78 Å². The average molecular weight is 590 g/mol. The van der Waals surface area contributed by atoms with E-state index in [0.717, 1.165) is 61.0 Å². The molecular weight excluding hydrogens is 544 g/mol. The Labute approximate surface area is 251 Å². The number of halogens is 2. The summed E-state index contributed by atoms with van der Waals surface area (Å²) in [6, 6.07) is 11.6. The van der Waals surface area contributed by atoms with Crippen molar-refractivity contribution in [3.8, 4) is 11.1 Å². The maximum Gasteiger partial charge on any atom is 0.195 e. The topological polar surface area (TPSA) is 39.2 Å². The molecule has 0 aliphatic heterocycles. The number of ketones is 1. The zero-order valence-corrected chi connectivity index (χ0v) is 27.5. The summed E-state index contributed by atoms with van der Waals surface area (Å²) in [6.07, 6.45) is 5.27. The number of aryl methyl sites for hydroxylation is 1. The molecule has 5 rings (SSSR count). The molecule has 42 heavy (non-hydrogen) atoms. The highest BCUT2D eigenvalue weighted by Crippen LogP contribution is 2.52. The van der Waals surface area contributed by atoms with E-state index < -0.39 is 20.0 Å². The van der Waals surface area contributed by atoms with Gasteiger partial charge in [0, 0.05) is 28.3 Å². The molecule has 0 saturated heterocycles. The monoisotopic (exact) mass is 589 g/mol. The van der Waals surface area contributed by atoms with Crippen molar-refractivity contribution in [1.82, 2.24) is 4.98 Å². The molecule has 0 amide bonds. The van der Waals surface area contributed by atoms with Crippen molar-refractivity contribution in [1.29, 1.82) is 0 Å². The maximum atomic E-state index is 14.9. The van der Waals surface area contributed by atoms with Crippen LogP contribution in [0.2, 0.25) is 18.1 Å². The van der Waals surface area contributed by atoms with Crippen LogP contribution in [0.3, 0.4) is 0 Å². The van der Waals surface area contributed by atoms with E-state index in [9.17, 15) is 13.6 Å². The molecule has 6 heteroatoms. The molecular formula is C36H45F2NO2Si. The smallest absolute Gasteiger partial charge is 0.195 e. The van der Waals surface area contributed by atoms with Crippen LogP contribution in [0.15, 0.2) is 42.5 Å². The Balaban J connectivity index is 1.86. The number of carbonyl (C=O) groups excluding carboxylic acids is 1. The fourth-order valence-corrected chi connectivity index (χ4v) is 7.70. The van der Waals surface area contributed by atoms with Gasteiger partial charge in [-0.2, -0.15) is 0 Å². The lowest BCUT2D eigenvalue weighted by atomic mass is 9.71. The molecule has 1 heterocycles. The second kappa shape index (κ2) is 11.1. The normalized spacial score (nSPS) is 19.1. The van der Waals surface area contributed by atoms with Crippen LogP contribution in [-0.2, 0) is 10.8 Å². The third-order valence-electron chi connectivity index (χ3n) is 9.78. The zero-order chi connectivity index (χ0) is 30.6. The molecule has 0 spiro atoms. The van der Waals surface area contributed by atoms with E-state index in [-0.39, 0.29) is 28.3 Å². The summed E-state index contributed by atoms with van der Waals surface area (Å²) in [5.41, 5.74) is 5.88. The highest BCUT2D eigenvalue weighted by molar-refractivity contribution is 6.74. The van der Waals surface area contributed by atoms with Gasteiger partial charge in [0.25, 0.3) is 0 Å². The number of pyridine rings is 1. The first-order valence-corrected chi connectivity index (χ1v) is 18.3. The molecule has 0 unspecified atom stereocenters. The number of aromatic nitrogens is 1. The van der Waals surface area contributed by atoms with Crippen LogP contribution in [-0.4, -0.2) is 19.1 Å². The van der Waals surface area contributed by atoms with Crippen molar-refractivity contribution in [3.05, 3.63) is 87.7 Å². The van der Waals surface area contributed by atoms with Gasteiger partial charge in [0.15, 0.2) is 25.7 Å². The first-order chi connectivity index (χ1) is 19.6.